The maximum Gasteiger partial charge on any atom is 0.331 e. The van der Waals surface area contributed by atoms with E-state index in [4.69, 9.17) is 18.9 Å². The summed E-state index contributed by atoms with van der Waals surface area (Å²) in [4.78, 5) is 37.2. The molecule has 3 rings (SSSR count). The second-order valence-corrected chi connectivity index (χ2v) is 12.1. The van der Waals surface area contributed by atoms with Gasteiger partial charge >= 0.3 is 17.9 Å². The number of esters is 3. The molecule has 0 aromatic rings. The number of allylic oxidation sites excluding steroid dienone is 5. The van der Waals surface area contributed by atoms with Crippen molar-refractivity contribution >= 4 is 17.9 Å². The third kappa shape index (κ3) is 7.14. The third-order valence-corrected chi connectivity index (χ3v) is 9.39. The molecular weight excluding hydrogens is 536 g/mol. The topological polar surface area (TPSA) is 108 Å². The number of hydrogen-bond acceptors (Lipinski definition) is 8. The predicted octanol–water partition coefficient (Wildman–Crippen LogP) is 6.26. The van der Waals surface area contributed by atoms with Crippen molar-refractivity contribution in [2.24, 2.45) is 22.7 Å². The molecule has 0 aromatic heterocycles. The molecule has 1 saturated carbocycles. The van der Waals surface area contributed by atoms with Crippen molar-refractivity contribution in [3.05, 3.63) is 60.8 Å². The molecule has 0 amide bonds. The SMILES string of the molecule is C=CC(=C)CC[C@]1(C)[C@@H](C)C[C@@H](O)[C@@]23C(=C[C@H](OC(=O)/C=C\C=C/CCCCC)C[C@@H]12)[C@H](OC(C)=O)O[C@H]3OC(C)=O. The lowest BCUT2D eigenvalue weighted by Crippen LogP contribution is -2.63. The van der Waals surface area contributed by atoms with Crippen molar-refractivity contribution in [3.8, 4) is 0 Å². The van der Waals surface area contributed by atoms with Crippen LogP contribution < -0.4 is 0 Å². The summed E-state index contributed by atoms with van der Waals surface area (Å²) < 4.78 is 23.3. The minimum absolute atomic E-state index is 0.0555. The molecule has 42 heavy (non-hydrogen) atoms. The maximum absolute atomic E-state index is 12.9. The van der Waals surface area contributed by atoms with Gasteiger partial charge in [0.2, 0.25) is 12.6 Å². The molecule has 1 N–H and O–H groups in total. The van der Waals surface area contributed by atoms with Crippen LogP contribution >= 0.6 is 0 Å². The first-order chi connectivity index (χ1) is 19.9. The van der Waals surface area contributed by atoms with E-state index >= 15 is 0 Å². The average Bonchev–Trinajstić information content (AvgIpc) is 3.21. The Bertz CT molecular complexity index is 1120. The second kappa shape index (κ2) is 14.5. The summed E-state index contributed by atoms with van der Waals surface area (Å²) in [5.74, 6) is -1.97. The van der Waals surface area contributed by atoms with Crippen molar-refractivity contribution in [2.45, 2.75) is 111 Å². The third-order valence-electron chi connectivity index (χ3n) is 9.39. The van der Waals surface area contributed by atoms with Gasteiger partial charge in [0.1, 0.15) is 6.10 Å². The van der Waals surface area contributed by atoms with Crippen LogP contribution in [0.2, 0.25) is 0 Å². The van der Waals surface area contributed by atoms with E-state index in [1.807, 2.05) is 12.2 Å². The molecule has 1 aliphatic heterocycles. The summed E-state index contributed by atoms with van der Waals surface area (Å²) in [6.45, 7) is 16.9. The Balaban J connectivity index is 2.03. The summed E-state index contributed by atoms with van der Waals surface area (Å²) in [6.07, 6.45) is 12.9. The molecule has 1 heterocycles. The van der Waals surface area contributed by atoms with Crippen molar-refractivity contribution < 1.29 is 38.4 Å². The lowest BCUT2D eigenvalue weighted by atomic mass is 9.45. The fourth-order valence-corrected chi connectivity index (χ4v) is 7.02. The molecule has 8 heteroatoms. The number of unbranched alkanes of at least 4 members (excludes halogenated alkanes) is 3. The summed E-state index contributed by atoms with van der Waals surface area (Å²) in [5.41, 5.74) is -0.254. The Labute approximate surface area is 250 Å². The van der Waals surface area contributed by atoms with Crippen LogP contribution in [0.15, 0.2) is 60.8 Å². The first-order valence-electron chi connectivity index (χ1n) is 15.1. The lowest BCUT2D eigenvalue weighted by molar-refractivity contribution is -0.254. The van der Waals surface area contributed by atoms with E-state index in [0.29, 0.717) is 31.3 Å². The minimum atomic E-state index is -1.20. The average molecular weight is 585 g/mol. The summed E-state index contributed by atoms with van der Waals surface area (Å²) in [6, 6.07) is 0. The Kier molecular flexibility index (Phi) is 11.6. The van der Waals surface area contributed by atoms with Gasteiger partial charge in [-0.1, -0.05) is 76.6 Å². The molecule has 2 aliphatic carbocycles. The molecule has 232 valence electrons. The highest BCUT2D eigenvalue weighted by atomic mass is 16.8. The zero-order chi connectivity index (χ0) is 31.1. The molecule has 0 bridgehead atoms. The minimum Gasteiger partial charge on any atom is -0.455 e. The Hall–Kier alpha value is -2.97. The molecule has 1 spiro atoms. The first kappa shape index (κ1) is 33.5. The van der Waals surface area contributed by atoms with Crippen LogP contribution in [0, 0.1) is 22.7 Å². The number of aliphatic hydroxyl groups excluding tert-OH is 1. The molecule has 2 fully saturated rings. The number of ether oxygens (including phenoxy) is 4. The normalized spacial score (nSPS) is 33.9. The predicted molar refractivity (Wildman–Crippen MR) is 160 cm³/mol. The van der Waals surface area contributed by atoms with Gasteiger partial charge in [0.15, 0.2) is 0 Å². The zero-order valence-electron chi connectivity index (χ0n) is 25.8. The highest BCUT2D eigenvalue weighted by Crippen LogP contribution is 2.67. The molecule has 0 unspecified atom stereocenters. The Morgan fingerprint density at radius 2 is 1.83 bits per heavy atom. The molecule has 0 radical (unpaired) electrons. The van der Waals surface area contributed by atoms with Crippen LogP contribution in [0.1, 0.15) is 86.0 Å². The van der Waals surface area contributed by atoms with Crippen LogP contribution in [0.3, 0.4) is 0 Å². The van der Waals surface area contributed by atoms with Gasteiger partial charge in [0, 0.05) is 25.5 Å². The summed E-state index contributed by atoms with van der Waals surface area (Å²) in [5, 5.41) is 11.8. The van der Waals surface area contributed by atoms with Crippen LogP contribution in [-0.2, 0) is 33.3 Å². The van der Waals surface area contributed by atoms with E-state index < -0.39 is 53.5 Å². The van der Waals surface area contributed by atoms with Crippen LogP contribution in [0.4, 0.5) is 0 Å². The van der Waals surface area contributed by atoms with Crippen molar-refractivity contribution in [1.82, 2.24) is 0 Å². The fraction of sp³-hybridized carbons (Fsp3) is 0.618. The Morgan fingerprint density at radius 1 is 1.12 bits per heavy atom. The highest BCUT2D eigenvalue weighted by molar-refractivity contribution is 5.82. The summed E-state index contributed by atoms with van der Waals surface area (Å²) in [7, 11) is 0. The maximum atomic E-state index is 12.9. The molecule has 8 atom stereocenters. The van der Waals surface area contributed by atoms with E-state index in [0.717, 1.165) is 24.8 Å². The lowest BCUT2D eigenvalue weighted by Gasteiger charge is -2.60. The quantitative estimate of drug-likeness (QED) is 0.0675. The van der Waals surface area contributed by atoms with Crippen LogP contribution in [-0.4, -0.2) is 47.8 Å². The number of hydrogen-bond donors (Lipinski definition) is 1. The largest absolute Gasteiger partial charge is 0.455 e. The van der Waals surface area contributed by atoms with Crippen molar-refractivity contribution in [1.29, 1.82) is 0 Å². The van der Waals surface area contributed by atoms with Gasteiger partial charge in [-0.2, -0.15) is 0 Å². The van der Waals surface area contributed by atoms with Gasteiger partial charge in [0.05, 0.1) is 11.5 Å². The molecular formula is C34H48O8. The standard InChI is InChI=1S/C34H48O8/c1-8-10-11-12-13-14-15-16-30(38)41-26-20-27-31(39-24(5)35)42-32(40-25(6)36)34(27)28(21-26)33(7,18-17-22(3)9-2)23(4)19-29(34)37/h9,13-16,20,23,26,28-29,31-32,37H,2-3,8,10-12,17-19,21H2,1,4-7H3/b14-13-,16-15-/t23-,26-,28-,29+,31+,32+,33+,34+/m0/s1. The van der Waals surface area contributed by atoms with Gasteiger partial charge in [-0.25, -0.2) is 4.79 Å². The molecule has 8 nitrogen and oxygen atoms in total. The number of aliphatic hydroxyl groups is 1. The fourth-order valence-electron chi connectivity index (χ4n) is 7.02. The van der Waals surface area contributed by atoms with E-state index in [-0.39, 0.29) is 11.8 Å². The second-order valence-electron chi connectivity index (χ2n) is 12.1. The van der Waals surface area contributed by atoms with Crippen LogP contribution in [0.5, 0.6) is 0 Å². The van der Waals surface area contributed by atoms with E-state index in [1.54, 1.807) is 18.2 Å². The van der Waals surface area contributed by atoms with Gasteiger partial charge in [0.25, 0.3) is 0 Å². The van der Waals surface area contributed by atoms with Gasteiger partial charge in [-0.15, -0.1) is 0 Å². The van der Waals surface area contributed by atoms with E-state index in [1.165, 1.54) is 26.3 Å². The monoisotopic (exact) mass is 584 g/mol. The molecule has 0 aromatic carbocycles. The zero-order valence-corrected chi connectivity index (χ0v) is 25.8. The number of carbonyl (C=O) groups excluding carboxylic acids is 3. The number of rotatable bonds is 13. The number of carbonyl (C=O) groups is 3. The van der Waals surface area contributed by atoms with Gasteiger partial charge in [-0.05, 0) is 61.9 Å². The van der Waals surface area contributed by atoms with Crippen LogP contribution in [0.25, 0.3) is 0 Å². The van der Waals surface area contributed by atoms with E-state index in [9.17, 15) is 19.5 Å². The highest BCUT2D eigenvalue weighted by Gasteiger charge is 2.71. The van der Waals surface area contributed by atoms with Gasteiger partial charge < -0.3 is 19.3 Å². The first-order valence-corrected chi connectivity index (χ1v) is 15.1. The molecule has 1 saturated heterocycles. The van der Waals surface area contributed by atoms with Crippen molar-refractivity contribution in [3.63, 3.8) is 0 Å². The van der Waals surface area contributed by atoms with Crippen molar-refractivity contribution in [2.75, 3.05) is 0 Å². The van der Waals surface area contributed by atoms with Gasteiger partial charge in [-0.3, -0.25) is 14.3 Å². The molecule has 3 aliphatic rings. The van der Waals surface area contributed by atoms with E-state index in [2.05, 4.69) is 33.9 Å². The smallest absolute Gasteiger partial charge is 0.331 e. The Morgan fingerprint density at radius 3 is 2.48 bits per heavy atom. The summed E-state index contributed by atoms with van der Waals surface area (Å²) >= 11 is 0.